The number of benzene rings is 3. The van der Waals surface area contributed by atoms with E-state index < -0.39 is 23.8 Å². The minimum atomic E-state index is -0.982. The van der Waals surface area contributed by atoms with Crippen molar-refractivity contribution in [2.75, 3.05) is 0 Å². The van der Waals surface area contributed by atoms with Crippen molar-refractivity contribution in [3.05, 3.63) is 74.7 Å². The second-order valence-corrected chi connectivity index (χ2v) is 10.5. The Morgan fingerprint density at radius 2 is 1.63 bits per heavy atom. The molecule has 8 nitrogen and oxygen atoms in total. The molecule has 10 heteroatoms. The highest BCUT2D eigenvalue weighted by Crippen LogP contribution is 2.38. The molecule has 192 valence electrons. The van der Waals surface area contributed by atoms with Gasteiger partial charge in [-0.15, -0.1) is 5.06 Å². The van der Waals surface area contributed by atoms with Crippen LogP contribution in [0.2, 0.25) is 0 Å². The number of fused-ring (bicyclic) bond motifs is 2. The number of hydroxylamine groups is 2. The van der Waals surface area contributed by atoms with E-state index in [0.717, 1.165) is 36.7 Å². The number of hydrogen-bond donors (Lipinski definition) is 1. The van der Waals surface area contributed by atoms with Crippen molar-refractivity contribution in [3.8, 4) is 11.1 Å². The molecule has 38 heavy (non-hydrogen) atoms. The van der Waals surface area contributed by atoms with Crippen LogP contribution < -0.4 is 4.57 Å². The third-order valence-corrected chi connectivity index (χ3v) is 8.91. The van der Waals surface area contributed by atoms with Crippen LogP contribution in [0.3, 0.4) is 0 Å². The van der Waals surface area contributed by atoms with E-state index in [1.807, 2.05) is 66.2 Å². The minimum absolute atomic E-state index is 0.0156. The quantitative estimate of drug-likeness (QED) is 0.175. The average molecular weight is 641 g/mol. The van der Waals surface area contributed by atoms with Crippen LogP contribution >= 0.6 is 31.9 Å². The van der Waals surface area contributed by atoms with Gasteiger partial charge in [0.05, 0.1) is 22.8 Å². The molecule has 2 heterocycles. The van der Waals surface area contributed by atoms with Gasteiger partial charge in [0.25, 0.3) is 11.8 Å². The van der Waals surface area contributed by atoms with Crippen molar-refractivity contribution in [3.63, 3.8) is 0 Å². The summed E-state index contributed by atoms with van der Waals surface area (Å²) in [6.07, 6.45) is 0.410. The van der Waals surface area contributed by atoms with Crippen molar-refractivity contribution in [1.82, 2.24) is 5.06 Å². The second kappa shape index (κ2) is 10.3. The molecule has 1 aliphatic rings. The zero-order valence-corrected chi connectivity index (χ0v) is 23.3. The lowest BCUT2D eigenvalue weighted by Crippen LogP contribution is -2.32. The Hall–Kier alpha value is -3.63. The highest BCUT2D eigenvalue weighted by molar-refractivity contribution is 9.13. The monoisotopic (exact) mass is 639 g/mol. The molecule has 1 aromatic heterocycles. The summed E-state index contributed by atoms with van der Waals surface area (Å²) in [4.78, 5) is 52.7. The number of pyridine rings is 1. The number of rotatable bonds is 6. The van der Waals surface area contributed by atoms with E-state index in [0.29, 0.717) is 22.3 Å². The van der Waals surface area contributed by atoms with Crippen LogP contribution in [0.1, 0.15) is 35.2 Å². The lowest BCUT2D eigenvalue weighted by Gasteiger charge is -2.14. The summed E-state index contributed by atoms with van der Waals surface area (Å²) in [6.45, 7) is 0. The number of carbonyl (C=O) groups excluding carboxylic acids is 3. The van der Waals surface area contributed by atoms with Gasteiger partial charge in [-0.1, -0.05) is 30.3 Å². The van der Waals surface area contributed by atoms with Gasteiger partial charge in [-0.25, -0.2) is 9.59 Å². The number of carboxylic acid groups (broad SMARTS) is 1. The molecule has 0 aliphatic carbocycles. The van der Waals surface area contributed by atoms with Gasteiger partial charge in [-0.2, -0.15) is 4.57 Å². The summed E-state index contributed by atoms with van der Waals surface area (Å²) in [5, 5.41) is 11.8. The van der Waals surface area contributed by atoms with Crippen LogP contribution in [0, 0.1) is 0 Å². The smallest absolute Gasteiger partial charge is 0.337 e. The molecule has 0 bridgehead atoms. The standard InChI is InChI=1S/C28H20Br2N2O6/c1-31-20-5-3-2-4-18(20)25(28(36)37)19-10-7-16(14-21(19)31)17-9-6-15(26(29)27(17)30)8-13-24(35)38-32-22(33)11-12-23(32)34/h2-7,9-10,14H,8,11-13H2,1H3/p+1. The first kappa shape index (κ1) is 26.0. The lowest BCUT2D eigenvalue weighted by atomic mass is 9.97. The van der Waals surface area contributed by atoms with Crippen molar-refractivity contribution in [2.24, 2.45) is 7.05 Å². The van der Waals surface area contributed by atoms with Crippen LogP contribution in [0.15, 0.2) is 63.5 Å². The number of carbonyl (C=O) groups is 4. The predicted molar refractivity (Wildman–Crippen MR) is 146 cm³/mol. The maximum atomic E-state index is 12.2. The Labute approximate surface area is 234 Å². The largest absolute Gasteiger partial charge is 0.478 e. The number of hydrogen-bond acceptors (Lipinski definition) is 5. The summed E-state index contributed by atoms with van der Waals surface area (Å²) in [5.74, 6) is -2.67. The average Bonchev–Trinajstić information content (AvgIpc) is 3.21. The Kier molecular flexibility index (Phi) is 7.02. The number of aromatic carboxylic acids is 1. The number of carboxylic acids is 1. The molecule has 0 unspecified atom stereocenters. The summed E-state index contributed by atoms with van der Waals surface area (Å²) in [7, 11) is 1.91. The molecule has 1 aliphatic heterocycles. The summed E-state index contributed by atoms with van der Waals surface area (Å²) in [5.41, 5.74) is 4.45. The third kappa shape index (κ3) is 4.58. The van der Waals surface area contributed by atoms with Gasteiger partial charge in [0, 0.05) is 33.9 Å². The molecule has 0 atom stereocenters. The van der Waals surface area contributed by atoms with Crippen LogP contribution in [-0.4, -0.2) is 33.9 Å². The van der Waals surface area contributed by atoms with E-state index in [9.17, 15) is 24.3 Å². The summed E-state index contributed by atoms with van der Waals surface area (Å²) < 4.78 is 3.51. The Morgan fingerprint density at radius 3 is 2.34 bits per heavy atom. The molecule has 1 fully saturated rings. The lowest BCUT2D eigenvalue weighted by molar-refractivity contribution is -0.617. The number of aryl methyl sites for hydroxylation is 2. The van der Waals surface area contributed by atoms with E-state index in [4.69, 9.17) is 4.84 Å². The van der Waals surface area contributed by atoms with Gasteiger partial charge < -0.3 is 9.94 Å². The molecule has 3 aromatic carbocycles. The topological polar surface area (TPSA) is 105 Å². The number of amides is 2. The van der Waals surface area contributed by atoms with Gasteiger partial charge in [-0.3, -0.25) is 9.59 Å². The van der Waals surface area contributed by atoms with Gasteiger partial charge in [0.1, 0.15) is 7.05 Å². The molecule has 0 radical (unpaired) electrons. The predicted octanol–water partition coefficient (Wildman–Crippen LogP) is 5.25. The Bertz CT molecular complexity index is 1670. The Balaban J connectivity index is 1.45. The van der Waals surface area contributed by atoms with E-state index >= 15 is 0 Å². The zero-order chi connectivity index (χ0) is 27.1. The third-order valence-electron chi connectivity index (χ3n) is 6.65. The molecule has 1 saturated heterocycles. The van der Waals surface area contributed by atoms with Gasteiger partial charge >= 0.3 is 11.9 Å². The molecule has 5 rings (SSSR count). The molecule has 0 saturated carbocycles. The minimum Gasteiger partial charge on any atom is -0.478 e. The molecule has 0 spiro atoms. The van der Waals surface area contributed by atoms with E-state index in [1.54, 1.807) is 0 Å². The number of imide groups is 1. The number of aromatic nitrogens is 1. The van der Waals surface area contributed by atoms with Crippen LogP contribution in [-0.2, 0) is 32.7 Å². The fourth-order valence-electron chi connectivity index (χ4n) is 4.72. The molecular formula is C28H21Br2N2O6+. The summed E-state index contributed by atoms with van der Waals surface area (Å²) >= 11 is 7.27. The van der Waals surface area contributed by atoms with E-state index in [-0.39, 0.29) is 24.8 Å². The Morgan fingerprint density at radius 1 is 0.947 bits per heavy atom. The molecule has 1 N–H and O–H groups in total. The van der Waals surface area contributed by atoms with E-state index in [1.165, 1.54) is 0 Å². The highest BCUT2D eigenvalue weighted by atomic mass is 79.9. The number of halogens is 2. The van der Waals surface area contributed by atoms with E-state index in [2.05, 4.69) is 31.9 Å². The maximum absolute atomic E-state index is 12.2. The van der Waals surface area contributed by atoms with Gasteiger partial charge in [0.15, 0.2) is 0 Å². The SMILES string of the molecule is C[n+]1c2ccccc2c(C(=O)O)c2ccc(-c3ccc(CCC(=O)ON4C(=O)CCC4=O)c(Br)c3Br)cc21. The van der Waals surface area contributed by atoms with Crippen molar-refractivity contribution in [1.29, 1.82) is 0 Å². The fraction of sp³-hybridized carbons (Fsp3) is 0.179. The first-order chi connectivity index (χ1) is 18.2. The first-order valence-corrected chi connectivity index (χ1v) is 13.4. The molecular weight excluding hydrogens is 620 g/mol. The van der Waals surface area contributed by atoms with Crippen molar-refractivity contribution < 1.29 is 33.7 Å². The van der Waals surface area contributed by atoms with Crippen molar-refractivity contribution >= 4 is 77.4 Å². The van der Waals surface area contributed by atoms with Crippen LogP contribution in [0.4, 0.5) is 0 Å². The highest BCUT2D eigenvalue weighted by Gasteiger charge is 2.32. The number of nitrogens with zero attached hydrogens (tertiary/aromatic N) is 2. The van der Waals surface area contributed by atoms with Gasteiger partial charge in [0.2, 0.25) is 11.0 Å². The number of para-hydroxylation sites is 1. The zero-order valence-electron chi connectivity index (χ0n) is 20.2. The molecule has 2 amide bonds. The van der Waals surface area contributed by atoms with Crippen molar-refractivity contribution in [2.45, 2.75) is 25.7 Å². The van der Waals surface area contributed by atoms with Crippen LogP contribution in [0.5, 0.6) is 0 Å². The summed E-state index contributed by atoms with van der Waals surface area (Å²) in [6, 6.07) is 16.9. The normalized spacial score (nSPS) is 13.5. The van der Waals surface area contributed by atoms with Crippen LogP contribution in [0.25, 0.3) is 32.9 Å². The second-order valence-electron chi connectivity index (χ2n) is 8.93. The first-order valence-electron chi connectivity index (χ1n) is 11.8. The van der Waals surface area contributed by atoms with Gasteiger partial charge in [-0.05, 0) is 67.1 Å². The maximum Gasteiger partial charge on any atom is 0.337 e. The molecule has 4 aromatic rings. The fourth-order valence-corrected chi connectivity index (χ4v) is 5.88.